The summed E-state index contributed by atoms with van der Waals surface area (Å²) in [5.41, 5.74) is 0.944. The van der Waals surface area contributed by atoms with E-state index in [1.54, 1.807) is 12.3 Å². The molecule has 0 aliphatic rings. The topological polar surface area (TPSA) is 12.9 Å². The fraction of sp³-hybridized carbons (Fsp3) is 0.308. The first-order valence-corrected chi connectivity index (χ1v) is 5.75. The number of hydrogen-bond acceptors (Lipinski definition) is 1. The molecule has 0 aliphatic heterocycles. The van der Waals surface area contributed by atoms with Crippen molar-refractivity contribution < 1.29 is 41.3 Å². The van der Waals surface area contributed by atoms with Gasteiger partial charge in [0.2, 0.25) is 0 Å². The number of rotatable bonds is 0. The monoisotopic (exact) mass is 364 g/mol. The molecule has 0 aliphatic carbocycles. The summed E-state index contributed by atoms with van der Waals surface area (Å²) in [4.78, 5) is 4.16. The van der Waals surface area contributed by atoms with E-state index in [9.17, 15) is 0 Å². The zero-order chi connectivity index (χ0) is 11.7. The van der Waals surface area contributed by atoms with E-state index >= 15 is 0 Å². The smallest absolute Gasteiger partial charge is 0.0716 e. The number of hydrogen-bond donors (Lipinski definition) is 0. The molecule has 1 nitrogen and oxygen atoms in total. The third-order valence-corrected chi connectivity index (χ3v) is 1.93. The van der Waals surface area contributed by atoms with Crippen molar-refractivity contribution in [2.45, 2.75) is 27.7 Å². The van der Waals surface area contributed by atoms with E-state index in [-0.39, 0.29) is 41.3 Å². The molecule has 2 rings (SSSR count). The molecule has 0 amide bonds. The van der Waals surface area contributed by atoms with Gasteiger partial charge in [-0.05, 0) is 12.1 Å². The number of aromatic nitrogens is 1. The van der Waals surface area contributed by atoms with Crippen molar-refractivity contribution in [3.8, 4) is 0 Å². The molecule has 1 aromatic heterocycles. The van der Waals surface area contributed by atoms with Crippen LogP contribution in [0.2, 0.25) is 5.02 Å². The van der Waals surface area contributed by atoms with Crippen LogP contribution in [-0.2, 0) is 0 Å². The summed E-state index contributed by atoms with van der Waals surface area (Å²) >= 11 is 5.92. The van der Waals surface area contributed by atoms with E-state index < -0.39 is 0 Å². The van der Waals surface area contributed by atoms with Gasteiger partial charge in [-0.1, -0.05) is 57.5 Å². The van der Waals surface area contributed by atoms with E-state index in [4.69, 9.17) is 11.6 Å². The van der Waals surface area contributed by atoms with Crippen LogP contribution in [0, 0.1) is 41.3 Å². The van der Waals surface area contributed by atoms with Crippen molar-refractivity contribution in [3.05, 3.63) is 41.6 Å². The SMILES string of the molecule is CC.CC.Clc1ccnc2ccccc12.[Pr]. The predicted octanol–water partition coefficient (Wildman–Crippen LogP) is 4.94. The Morgan fingerprint density at radius 2 is 1.50 bits per heavy atom. The van der Waals surface area contributed by atoms with E-state index in [0.29, 0.717) is 0 Å². The molecular formula is C13H18ClNPr. The van der Waals surface area contributed by atoms with Gasteiger partial charge in [0.05, 0.1) is 10.5 Å². The maximum atomic E-state index is 5.92. The average molecular weight is 365 g/mol. The van der Waals surface area contributed by atoms with E-state index in [2.05, 4.69) is 4.98 Å². The number of fused-ring (bicyclic) bond motifs is 1. The molecular weight excluding hydrogens is 347 g/mol. The number of para-hydroxylation sites is 1. The molecule has 0 saturated heterocycles. The van der Waals surface area contributed by atoms with Gasteiger partial charge in [0.25, 0.3) is 0 Å². The number of benzene rings is 1. The first-order valence-electron chi connectivity index (χ1n) is 5.37. The molecule has 0 N–H and O–H groups in total. The molecule has 0 bridgehead atoms. The third kappa shape index (κ3) is 5.56. The van der Waals surface area contributed by atoms with Gasteiger partial charge >= 0.3 is 0 Å². The van der Waals surface area contributed by atoms with E-state index in [0.717, 1.165) is 15.9 Å². The van der Waals surface area contributed by atoms with Gasteiger partial charge in [0.1, 0.15) is 0 Å². The van der Waals surface area contributed by atoms with Crippen LogP contribution in [-0.4, -0.2) is 4.98 Å². The van der Waals surface area contributed by atoms with Crippen LogP contribution >= 0.6 is 11.6 Å². The Hall–Kier alpha value is 0.284. The molecule has 1 aromatic carbocycles. The molecule has 0 fully saturated rings. The summed E-state index contributed by atoms with van der Waals surface area (Å²) in [6, 6.07) is 9.61. The fourth-order valence-corrected chi connectivity index (χ4v) is 1.28. The van der Waals surface area contributed by atoms with Crippen molar-refractivity contribution in [1.82, 2.24) is 4.98 Å². The number of pyridine rings is 1. The van der Waals surface area contributed by atoms with Crippen molar-refractivity contribution in [1.29, 1.82) is 0 Å². The Bertz CT molecular complexity index is 385. The van der Waals surface area contributed by atoms with Gasteiger partial charge in [-0.2, -0.15) is 0 Å². The van der Waals surface area contributed by atoms with E-state index in [1.165, 1.54) is 0 Å². The van der Waals surface area contributed by atoms with Crippen molar-refractivity contribution in [3.63, 3.8) is 0 Å². The third-order valence-electron chi connectivity index (χ3n) is 1.60. The first-order chi connectivity index (χ1) is 7.38. The number of halogens is 1. The molecule has 3 heteroatoms. The molecule has 0 spiro atoms. The Morgan fingerprint density at radius 1 is 0.938 bits per heavy atom. The van der Waals surface area contributed by atoms with Crippen LogP contribution in [0.3, 0.4) is 0 Å². The van der Waals surface area contributed by atoms with Crippen LogP contribution in [0.5, 0.6) is 0 Å². The zero-order valence-electron chi connectivity index (χ0n) is 10.4. The van der Waals surface area contributed by atoms with Crippen LogP contribution in [0.25, 0.3) is 10.9 Å². The fourth-order valence-electron chi connectivity index (χ4n) is 1.06. The van der Waals surface area contributed by atoms with Gasteiger partial charge in [-0.15, -0.1) is 0 Å². The molecule has 2 aromatic rings. The Labute approximate surface area is 137 Å². The minimum absolute atomic E-state index is 0. The second kappa shape index (κ2) is 11.8. The summed E-state index contributed by atoms with van der Waals surface area (Å²) in [5, 5.41) is 1.77. The molecule has 1 heterocycles. The summed E-state index contributed by atoms with van der Waals surface area (Å²) < 4.78 is 0. The summed E-state index contributed by atoms with van der Waals surface area (Å²) in [7, 11) is 0. The van der Waals surface area contributed by atoms with Crippen molar-refractivity contribution in [2.24, 2.45) is 0 Å². The molecule has 85 valence electrons. The largest absolute Gasteiger partial charge is 0.256 e. The summed E-state index contributed by atoms with van der Waals surface area (Å²) in [5.74, 6) is 0. The minimum atomic E-state index is 0. The van der Waals surface area contributed by atoms with E-state index in [1.807, 2.05) is 52.0 Å². The van der Waals surface area contributed by atoms with Gasteiger partial charge in [-0.3, -0.25) is 4.98 Å². The molecule has 0 unspecified atom stereocenters. The minimum Gasteiger partial charge on any atom is -0.256 e. The Morgan fingerprint density at radius 3 is 2.06 bits per heavy atom. The Kier molecular flexibility index (Phi) is 13.7. The first kappa shape index (κ1) is 18.6. The van der Waals surface area contributed by atoms with Crippen LogP contribution in [0.4, 0.5) is 0 Å². The van der Waals surface area contributed by atoms with Gasteiger partial charge in [0.15, 0.2) is 0 Å². The standard InChI is InChI=1S/C9H6ClN.2C2H6.Pr/c10-8-5-6-11-9-4-2-1-3-7(8)9;2*1-2;/h1-6H;2*1-2H3;. The summed E-state index contributed by atoms with van der Waals surface area (Å²) in [6.07, 6.45) is 1.71. The van der Waals surface area contributed by atoms with Gasteiger partial charge in [-0.25, -0.2) is 0 Å². The number of nitrogens with zero attached hydrogens (tertiary/aromatic N) is 1. The van der Waals surface area contributed by atoms with Crippen LogP contribution in [0.15, 0.2) is 36.5 Å². The van der Waals surface area contributed by atoms with Crippen molar-refractivity contribution in [2.75, 3.05) is 0 Å². The second-order valence-corrected chi connectivity index (χ2v) is 2.72. The maximum Gasteiger partial charge on any atom is 0.0716 e. The zero-order valence-corrected chi connectivity index (χ0v) is 14.8. The molecule has 16 heavy (non-hydrogen) atoms. The summed E-state index contributed by atoms with van der Waals surface area (Å²) in [6.45, 7) is 8.00. The van der Waals surface area contributed by atoms with Crippen LogP contribution < -0.4 is 0 Å². The average Bonchev–Trinajstić information content (AvgIpc) is 2.35. The van der Waals surface area contributed by atoms with Gasteiger partial charge < -0.3 is 0 Å². The molecule has 0 saturated carbocycles. The molecule has 0 atom stereocenters. The molecule has 1 radical (unpaired) electrons. The maximum absolute atomic E-state index is 5.92. The van der Waals surface area contributed by atoms with Crippen LogP contribution in [0.1, 0.15) is 27.7 Å². The predicted molar refractivity (Wildman–Crippen MR) is 69.4 cm³/mol. The quantitative estimate of drug-likeness (QED) is 0.645. The van der Waals surface area contributed by atoms with Gasteiger partial charge in [0, 0.05) is 52.9 Å². The normalized spacial score (nSPS) is 7.81. The second-order valence-electron chi connectivity index (χ2n) is 2.31. The Balaban J connectivity index is 0. The van der Waals surface area contributed by atoms with Crippen molar-refractivity contribution >= 4 is 22.5 Å².